The summed E-state index contributed by atoms with van der Waals surface area (Å²) in [5.74, 6) is 0.418. The molecule has 18 heavy (non-hydrogen) atoms. The largest absolute Gasteiger partial charge is 0.392 e. The van der Waals surface area contributed by atoms with Crippen molar-refractivity contribution in [2.45, 2.75) is 38.3 Å². The minimum atomic E-state index is -0.324. The number of nitrogens with zero attached hydrogens (tertiary/aromatic N) is 3. The molecule has 0 aromatic rings. The van der Waals surface area contributed by atoms with Crippen molar-refractivity contribution in [2.24, 2.45) is 5.92 Å². The lowest BCUT2D eigenvalue weighted by Gasteiger charge is -2.29. The van der Waals surface area contributed by atoms with Gasteiger partial charge in [0.05, 0.1) is 24.6 Å². The molecule has 0 radical (unpaired) electrons. The molecule has 1 aliphatic rings. The summed E-state index contributed by atoms with van der Waals surface area (Å²) in [4.78, 5) is 15.5. The van der Waals surface area contributed by atoms with Crippen LogP contribution in [0.2, 0.25) is 0 Å². The van der Waals surface area contributed by atoms with Gasteiger partial charge in [-0.2, -0.15) is 5.26 Å². The predicted molar refractivity (Wildman–Crippen MR) is 68.7 cm³/mol. The number of aliphatic hydroxyl groups excluding tert-OH is 1. The van der Waals surface area contributed by atoms with Crippen LogP contribution in [0.4, 0.5) is 0 Å². The van der Waals surface area contributed by atoms with E-state index in [0.717, 1.165) is 12.8 Å². The van der Waals surface area contributed by atoms with Crippen LogP contribution in [0.3, 0.4) is 0 Å². The number of amides is 1. The average molecular weight is 253 g/mol. The van der Waals surface area contributed by atoms with Gasteiger partial charge in [0.15, 0.2) is 0 Å². The Kier molecular flexibility index (Phi) is 5.57. The molecule has 0 heterocycles. The summed E-state index contributed by atoms with van der Waals surface area (Å²) in [7, 11) is 3.56. The summed E-state index contributed by atoms with van der Waals surface area (Å²) in [6.45, 7) is 2.83. The molecule has 2 unspecified atom stereocenters. The molecule has 1 rings (SSSR count). The highest BCUT2D eigenvalue weighted by atomic mass is 16.3. The van der Waals surface area contributed by atoms with E-state index in [-0.39, 0.29) is 18.1 Å². The van der Waals surface area contributed by atoms with E-state index in [0.29, 0.717) is 25.4 Å². The van der Waals surface area contributed by atoms with Crippen LogP contribution in [0, 0.1) is 17.2 Å². The first-order valence-corrected chi connectivity index (χ1v) is 6.47. The van der Waals surface area contributed by atoms with Crippen LogP contribution in [0.25, 0.3) is 0 Å². The Hall–Kier alpha value is -1.12. The monoisotopic (exact) mass is 253 g/mol. The van der Waals surface area contributed by atoms with Gasteiger partial charge < -0.3 is 10.0 Å². The molecule has 0 bridgehead atoms. The highest BCUT2D eigenvalue weighted by Crippen LogP contribution is 2.32. The van der Waals surface area contributed by atoms with Crippen molar-refractivity contribution in [3.63, 3.8) is 0 Å². The van der Waals surface area contributed by atoms with Crippen molar-refractivity contribution >= 4 is 5.91 Å². The summed E-state index contributed by atoms with van der Waals surface area (Å²) >= 11 is 0. The van der Waals surface area contributed by atoms with Gasteiger partial charge in [-0.05, 0) is 32.7 Å². The number of carbonyl (C=O) groups is 1. The Balaban J connectivity index is 2.38. The van der Waals surface area contributed by atoms with Gasteiger partial charge in [-0.15, -0.1) is 0 Å². The van der Waals surface area contributed by atoms with Gasteiger partial charge in [-0.1, -0.05) is 0 Å². The molecule has 5 heteroatoms. The Morgan fingerprint density at radius 3 is 2.61 bits per heavy atom. The van der Waals surface area contributed by atoms with Gasteiger partial charge in [0.1, 0.15) is 0 Å². The van der Waals surface area contributed by atoms with Crippen LogP contribution in [0.15, 0.2) is 0 Å². The van der Waals surface area contributed by atoms with Gasteiger partial charge in [0.2, 0.25) is 5.91 Å². The summed E-state index contributed by atoms with van der Waals surface area (Å²) in [5.41, 5.74) is 0. The van der Waals surface area contributed by atoms with E-state index in [1.807, 2.05) is 24.9 Å². The molecule has 0 aliphatic heterocycles. The topological polar surface area (TPSA) is 67.6 Å². The van der Waals surface area contributed by atoms with Crippen LogP contribution in [-0.4, -0.2) is 60.1 Å². The van der Waals surface area contributed by atoms with Gasteiger partial charge >= 0.3 is 0 Å². The second-order valence-electron chi connectivity index (χ2n) is 5.19. The minimum absolute atomic E-state index is 0.00394. The van der Waals surface area contributed by atoms with Crippen molar-refractivity contribution in [2.75, 3.05) is 27.2 Å². The molecule has 1 fully saturated rings. The fraction of sp³-hybridized carbons (Fsp3) is 0.846. The smallest absolute Gasteiger partial charge is 0.239 e. The number of hydrogen-bond donors (Lipinski definition) is 1. The van der Waals surface area contributed by atoms with Gasteiger partial charge in [0.25, 0.3) is 0 Å². The van der Waals surface area contributed by atoms with Crippen LogP contribution in [0.1, 0.15) is 26.2 Å². The minimum Gasteiger partial charge on any atom is -0.392 e. The van der Waals surface area contributed by atoms with E-state index < -0.39 is 0 Å². The first-order chi connectivity index (χ1) is 8.47. The van der Waals surface area contributed by atoms with Crippen molar-refractivity contribution < 1.29 is 9.90 Å². The molecule has 102 valence electrons. The number of hydrogen-bond acceptors (Lipinski definition) is 4. The maximum Gasteiger partial charge on any atom is 0.239 e. The summed E-state index contributed by atoms with van der Waals surface area (Å²) < 4.78 is 0. The molecule has 2 atom stereocenters. The molecular weight excluding hydrogens is 230 g/mol. The molecule has 1 saturated carbocycles. The standard InChI is InChI=1S/C13H23N3O2/c1-10(13(18)15(2)8-4-7-14)16(3)9-12(17)11-5-6-11/h10-12,17H,4-6,8-9H2,1-3H3. The van der Waals surface area contributed by atoms with E-state index in [1.165, 1.54) is 0 Å². The molecule has 0 aromatic heterocycles. The van der Waals surface area contributed by atoms with Crippen LogP contribution in [-0.2, 0) is 4.79 Å². The highest BCUT2D eigenvalue weighted by Gasteiger charge is 2.32. The Morgan fingerprint density at radius 2 is 2.11 bits per heavy atom. The second-order valence-corrected chi connectivity index (χ2v) is 5.19. The SMILES string of the molecule is CC(C(=O)N(C)CCC#N)N(C)CC(O)C1CC1. The number of aliphatic hydroxyl groups is 1. The van der Waals surface area contributed by atoms with E-state index >= 15 is 0 Å². The van der Waals surface area contributed by atoms with Crippen molar-refractivity contribution in [1.29, 1.82) is 5.26 Å². The van der Waals surface area contributed by atoms with E-state index in [4.69, 9.17) is 5.26 Å². The molecule has 5 nitrogen and oxygen atoms in total. The summed E-state index contributed by atoms with van der Waals surface area (Å²) in [6.07, 6.45) is 2.22. The van der Waals surface area contributed by atoms with Crippen LogP contribution < -0.4 is 0 Å². The maximum absolute atomic E-state index is 12.1. The predicted octanol–water partition coefficient (Wildman–Crippen LogP) is 0.450. The molecular formula is C13H23N3O2. The zero-order valence-electron chi connectivity index (χ0n) is 11.5. The zero-order chi connectivity index (χ0) is 13.7. The lowest BCUT2D eigenvalue weighted by Crippen LogP contribution is -2.46. The van der Waals surface area contributed by atoms with E-state index in [9.17, 15) is 9.90 Å². The fourth-order valence-corrected chi connectivity index (χ4v) is 1.92. The maximum atomic E-state index is 12.1. The Bertz CT molecular complexity index is 323. The number of nitriles is 1. The van der Waals surface area contributed by atoms with Crippen LogP contribution in [0.5, 0.6) is 0 Å². The van der Waals surface area contributed by atoms with Gasteiger partial charge in [0, 0.05) is 20.1 Å². The first kappa shape index (κ1) is 14.9. The molecule has 1 N–H and O–H groups in total. The van der Waals surface area contributed by atoms with Gasteiger partial charge in [-0.3, -0.25) is 9.69 Å². The van der Waals surface area contributed by atoms with E-state index in [1.54, 1.807) is 11.9 Å². The molecule has 0 aromatic carbocycles. The van der Waals surface area contributed by atoms with Crippen molar-refractivity contribution in [3.05, 3.63) is 0 Å². The third kappa shape index (κ3) is 4.28. The molecule has 0 saturated heterocycles. The fourth-order valence-electron chi connectivity index (χ4n) is 1.92. The number of rotatable bonds is 7. The third-order valence-electron chi connectivity index (χ3n) is 3.59. The van der Waals surface area contributed by atoms with Crippen molar-refractivity contribution in [3.8, 4) is 6.07 Å². The molecule has 1 amide bonds. The van der Waals surface area contributed by atoms with E-state index in [2.05, 4.69) is 0 Å². The average Bonchev–Trinajstić information content (AvgIpc) is 3.17. The Morgan fingerprint density at radius 1 is 1.50 bits per heavy atom. The quantitative estimate of drug-likeness (QED) is 0.715. The first-order valence-electron chi connectivity index (χ1n) is 6.47. The lowest BCUT2D eigenvalue weighted by molar-refractivity contribution is -0.135. The second kappa shape index (κ2) is 6.72. The lowest BCUT2D eigenvalue weighted by atomic mass is 10.2. The van der Waals surface area contributed by atoms with Crippen molar-refractivity contribution in [1.82, 2.24) is 9.80 Å². The normalized spacial score (nSPS) is 18.2. The summed E-state index contributed by atoms with van der Waals surface area (Å²) in [5, 5.41) is 18.4. The zero-order valence-corrected chi connectivity index (χ0v) is 11.5. The van der Waals surface area contributed by atoms with Gasteiger partial charge in [-0.25, -0.2) is 0 Å². The highest BCUT2D eigenvalue weighted by molar-refractivity contribution is 5.81. The Labute approximate surface area is 109 Å². The molecule has 0 spiro atoms. The number of carbonyl (C=O) groups excluding carboxylic acids is 1. The van der Waals surface area contributed by atoms with Crippen LogP contribution >= 0.6 is 0 Å². The number of likely N-dealkylation sites (N-methyl/N-ethyl adjacent to an activating group) is 2. The summed E-state index contributed by atoms with van der Waals surface area (Å²) in [6, 6.07) is 1.77. The third-order valence-corrected chi connectivity index (χ3v) is 3.59. The molecule has 1 aliphatic carbocycles.